The lowest BCUT2D eigenvalue weighted by atomic mass is 9.84. The van der Waals surface area contributed by atoms with Gasteiger partial charge in [-0.1, -0.05) is 0 Å². The number of anilines is 1. The van der Waals surface area contributed by atoms with Gasteiger partial charge in [-0.15, -0.1) is 0 Å². The summed E-state index contributed by atoms with van der Waals surface area (Å²) in [5.41, 5.74) is 0.531. The lowest BCUT2D eigenvalue weighted by Crippen LogP contribution is -2.51. The molecule has 1 aromatic heterocycles. The van der Waals surface area contributed by atoms with Gasteiger partial charge in [-0.2, -0.15) is 0 Å². The van der Waals surface area contributed by atoms with Crippen LogP contribution in [0.2, 0.25) is 0 Å². The Bertz CT molecular complexity index is 694. The molecule has 4 aliphatic rings. The van der Waals surface area contributed by atoms with Crippen LogP contribution in [-0.4, -0.2) is 49.9 Å². The molecule has 2 bridgehead atoms. The number of fused-ring (bicyclic) bond motifs is 4. The third-order valence-corrected chi connectivity index (χ3v) is 5.84. The first-order chi connectivity index (χ1) is 10.1. The van der Waals surface area contributed by atoms with E-state index in [4.69, 9.17) is 0 Å². The van der Waals surface area contributed by atoms with Crippen LogP contribution in [0.15, 0.2) is 28.3 Å². The zero-order valence-corrected chi connectivity index (χ0v) is 12.3. The molecule has 1 atom stereocenters. The molecule has 1 unspecified atom stereocenters. The van der Waals surface area contributed by atoms with Crippen molar-refractivity contribution in [3.63, 3.8) is 0 Å². The van der Waals surface area contributed by atoms with Gasteiger partial charge in [0.05, 0.1) is 11.7 Å². The fourth-order valence-electron chi connectivity index (χ4n) is 3.34. The van der Waals surface area contributed by atoms with Gasteiger partial charge in [-0.3, -0.25) is 4.98 Å². The van der Waals surface area contributed by atoms with E-state index < -0.39 is 10.0 Å². The second-order valence-electron chi connectivity index (χ2n) is 5.79. The Kier molecular flexibility index (Phi) is 2.90. The van der Waals surface area contributed by atoms with Crippen molar-refractivity contribution in [2.75, 3.05) is 25.0 Å². The van der Waals surface area contributed by atoms with Gasteiger partial charge in [0.25, 0.3) is 10.0 Å². The van der Waals surface area contributed by atoms with Crippen molar-refractivity contribution in [1.82, 2.24) is 14.6 Å². The van der Waals surface area contributed by atoms with E-state index in [1.165, 1.54) is 6.20 Å². The monoisotopic (exact) mass is 307 g/mol. The fraction of sp³-hybridized carbons (Fsp3) is 0.538. The molecule has 0 aliphatic carbocycles. The molecule has 0 spiro atoms. The van der Waals surface area contributed by atoms with Crippen molar-refractivity contribution < 1.29 is 8.42 Å². The Morgan fingerprint density at radius 1 is 1.33 bits per heavy atom. The highest BCUT2D eigenvalue weighted by molar-refractivity contribution is 7.90. The number of hydrogen-bond acceptors (Lipinski definition) is 5. The summed E-state index contributed by atoms with van der Waals surface area (Å²) in [7, 11) is -3.57. The van der Waals surface area contributed by atoms with Crippen LogP contribution < -0.4 is 10.0 Å². The third kappa shape index (κ3) is 2.28. The number of aromatic nitrogens is 1. The molecular formula is C13H17N5O2S. The number of nitrogens with zero attached hydrogens (tertiary/aromatic N) is 3. The van der Waals surface area contributed by atoms with Crippen molar-refractivity contribution in [3.8, 4) is 0 Å². The summed E-state index contributed by atoms with van der Waals surface area (Å²) in [6, 6.07) is 1.82. The van der Waals surface area contributed by atoms with Gasteiger partial charge in [0, 0.05) is 18.9 Å². The van der Waals surface area contributed by atoms with E-state index in [1.807, 2.05) is 0 Å². The minimum Gasteiger partial charge on any atom is -0.324 e. The standard InChI is InChI=1S/C13H17N5O2S/c19-21(20)12-7-14-4-1-10(12)15-13(17-21)16-11-8-18-5-2-9(11)3-6-18/h1,4,7,9,11H,2-3,5-6,8H2,(H2,15,16,17). The molecule has 1 aromatic rings. The number of guanidine groups is 1. The largest absolute Gasteiger partial charge is 0.324 e. The predicted molar refractivity (Wildman–Crippen MR) is 78.6 cm³/mol. The minimum absolute atomic E-state index is 0.165. The van der Waals surface area contributed by atoms with Gasteiger partial charge in [0.1, 0.15) is 4.90 Å². The molecule has 0 aromatic carbocycles. The highest BCUT2D eigenvalue weighted by Gasteiger charge is 2.35. The Hall–Kier alpha value is -1.67. The Balaban J connectivity index is 1.64. The van der Waals surface area contributed by atoms with Gasteiger partial charge in [-0.25, -0.2) is 18.1 Å². The van der Waals surface area contributed by atoms with Gasteiger partial charge in [0.2, 0.25) is 5.96 Å². The number of sulfonamides is 1. The maximum absolute atomic E-state index is 12.2. The second-order valence-corrected chi connectivity index (χ2v) is 7.44. The number of aliphatic imine (C=N–C) groups is 1. The van der Waals surface area contributed by atoms with Crippen LogP contribution in [0, 0.1) is 5.92 Å². The molecule has 4 aliphatic heterocycles. The van der Waals surface area contributed by atoms with Crippen LogP contribution in [0.1, 0.15) is 12.8 Å². The summed E-state index contributed by atoms with van der Waals surface area (Å²) in [5.74, 6) is 0.889. The van der Waals surface area contributed by atoms with E-state index in [9.17, 15) is 8.42 Å². The maximum Gasteiger partial charge on any atom is 0.267 e. The van der Waals surface area contributed by atoms with Crippen molar-refractivity contribution in [2.45, 2.75) is 23.8 Å². The van der Waals surface area contributed by atoms with E-state index in [-0.39, 0.29) is 10.9 Å². The molecule has 5 heterocycles. The molecule has 8 heteroatoms. The molecule has 3 fully saturated rings. The van der Waals surface area contributed by atoms with Gasteiger partial charge < -0.3 is 10.2 Å². The molecule has 3 saturated heterocycles. The van der Waals surface area contributed by atoms with Crippen molar-refractivity contribution in [3.05, 3.63) is 18.5 Å². The van der Waals surface area contributed by atoms with Crippen LogP contribution in [0.5, 0.6) is 0 Å². The van der Waals surface area contributed by atoms with E-state index in [0.717, 1.165) is 32.5 Å². The Morgan fingerprint density at radius 3 is 2.86 bits per heavy atom. The number of rotatable bonds is 1. The number of pyridine rings is 1. The number of hydrogen-bond donors (Lipinski definition) is 2. The summed E-state index contributed by atoms with van der Waals surface area (Å²) in [6.07, 6.45) is 5.21. The first kappa shape index (κ1) is 13.0. The lowest BCUT2D eigenvalue weighted by Gasteiger charge is -2.43. The summed E-state index contributed by atoms with van der Waals surface area (Å²) in [6.45, 7) is 3.19. The van der Waals surface area contributed by atoms with Crippen molar-refractivity contribution in [2.24, 2.45) is 10.9 Å². The summed E-state index contributed by atoms with van der Waals surface area (Å²) >= 11 is 0. The molecule has 2 N–H and O–H groups in total. The van der Waals surface area contributed by atoms with E-state index in [2.05, 4.69) is 24.9 Å². The fourth-order valence-corrected chi connectivity index (χ4v) is 4.41. The van der Waals surface area contributed by atoms with Crippen LogP contribution in [0.3, 0.4) is 0 Å². The SMILES string of the molecule is O=S1(=O)NC(=NC2CN3CCC2CC3)Nc2ccncc21. The molecule has 0 amide bonds. The van der Waals surface area contributed by atoms with E-state index in [1.54, 1.807) is 12.3 Å². The van der Waals surface area contributed by atoms with Gasteiger partial charge in [-0.05, 0) is 37.9 Å². The quantitative estimate of drug-likeness (QED) is 0.776. The molecular weight excluding hydrogens is 290 g/mol. The normalized spacial score (nSPS) is 34.9. The highest BCUT2D eigenvalue weighted by Crippen LogP contribution is 2.30. The van der Waals surface area contributed by atoms with Crippen molar-refractivity contribution in [1.29, 1.82) is 0 Å². The average molecular weight is 307 g/mol. The first-order valence-electron chi connectivity index (χ1n) is 7.16. The van der Waals surface area contributed by atoms with Crippen LogP contribution in [-0.2, 0) is 10.0 Å². The number of nitrogens with one attached hydrogen (secondary N) is 2. The minimum atomic E-state index is -3.57. The van der Waals surface area contributed by atoms with Crippen molar-refractivity contribution >= 4 is 21.7 Å². The molecule has 112 valence electrons. The van der Waals surface area contributed by atoms with Gasteiger partial charge in [0.15, 0.2) is 0 Å². The zero-order chi connectivity index (χ0) is 14.4. The highest BCUT2D eigenvalue weighted by atomic mass is 32.2. The second kappa shape index (κ2) is 4.67. The predicted octanol–water partition coefficient (Wildman–Crippen LogP) is 0.236. The summed E-state index contributed by atoms with van der Waals surface area (Å²) < 4.78 is 26.9. The average Bonchev–Trinajstić information content (AvgIpc) is 2.48. The van der Waals surface area contributed by atoms with E-state index >= 15 is 0 Å². The molecule has 7 nitrogen and oxygen atoms in total. The summed E-state index contributed by atoms with van der Waals surface area (Å²) in [5, 5.41) is 3.06. The summed E-state index contributed by atoms with van der Waals surface area (Å²) in [4.78, 5) is 11.0. The number of piperidine rings is 3. The van der Waals surface area contributed by atoms with Crippen LogP contribution >= 0.6 is 0 Å². The Labute approximate surface area is 123 Å². The molecule has 0 radical (unpaired) electrons. The first-order valence-corrected chi connectivity index (χ1v) is 8.64. The lowest BCUT2D eigenvalue weighted by molar-refractivity contribution is 0.0905. The zero-order valence-electron chi connectivity index (χ0n) is 11.5. The van der Waals surface area contributed by atoms with Crippen LogP contribution in [0.25, 0.3) is 0 Å². The molecule has 21 heavy (non-hydrogen) atoms. The third-order valence-electron chi connectivity index (χ3n) is 4.47. The van der Waals surface area contributed by atoms with Gasteiger partial charge >= 0.3 is 0 Å². The Morgan fingerprint density at radius 2 is 2.14 bits per heavy atom. The molecule has 5 rings (SSSR count). The smallest absolute Gasteiger partial charge is 0.267 e. The topological polar surface area (TPSA) is 86.7 Å². The molecule has 0 saturated carbocycles. The van der Waals surface area contributed by atoms with E-state index in [0.29, 0.717) is 17.6 Å². The maximum atomic E-state index is 12.2. The van der Waals surface area contributed by atoms with Crippen LogP contribution in [0.4, 0.5) is 5.69 Å².